The highest BCUT2D eigenvalue weighted by Gasteiger charge is 2.17. The van der Waals surface area contributed by atoms with Crippen molar-refractivity contribution in [3.63, 3.8) is 0 Å². The van der Waals surface area contributed by atoms with E-state index < -0.39 is 6.10 Å². The minimum atomic E-state index is -0.660. The topological polar surface area (TPSA) is 60.5 Å². The predicted molar refractivity (Wildman–Crippen MR) is 101 cm³/mol. The second-order valence-electron chi connectivity index (χ2n) is 5.28. The number of halogens is 1. The Bertz CT molecular complexity index is 880. The van der Waals surface area contributed by atoms with Gasteiger partial charge in [0.05, 0.1) is 16.8 Å². The molecule has 0 aliphatic rings. The number of amides is 1. The fraction of sp³-hybridized carbons (Fsp3) is 0.222. The standard InChI is InChI=1S/C18H17ClN2O3S/c1-3-23-14-8-9-15-16(10-14)25-18(20-15)21-17(22)11(2)24-13-6-4-12(19)5-7-13/h4-11H,3H2,1-2H3,(H,20,21,22). The maximum absolute atomic E-state index is 12.3. The zero-order valence-corrected chi connectivity index (χ0v) is 15.4. The minimum absolute atomic E-state index is 0.265. The Morgan fingerprint density at radius 3 is 2.68 bits per heavy atom. The van der Waals surface area contributed by atoms with Crippen molar-refractivity contribution in [1.29, 1.82) is 0 Å². The summed E-state index contributed by atoms with van der Waals surface area (Å²) < 4.78 is 12.0. The Balaban J connectivity index is 1.67. The molecule has 1 atom stereocenters. The Hall–Kier alpha value is -2.31. The van der Waals surface area contributed by atoms with Crippen LogP contribution in [0.4, 0.5) is 5.13 Å². The normalized spacial score (nSPS) is 12.0. The van der Waals surface area contributed by atoms with Gasteiger partial charge < -0.3 is 9.47 Å². The van der Waals surface area contributed by atoms with E-state index >= 15 is 0 Å². The average molecular weight is 377 g/mol. The summed E-state index contributed by atoms with van der Waals surface area (Å²) in [6.45, 7) is 4.22. The number of aromatic nitrogens is 1. The van der Waals surface area contributed by atoms with Crippen LogP contribution in [0.15, 0.2) is 42.5 Å². The number of benzene rings is 2. The molecule has 0 aliphatic carbocycles. The molecule has 7 heteroatoms. The van der Waals surface area contributed by atoms with E-state index in [9.17, 15) is 4.79 Å². The smallest absolute Gasteiger partial charge is 0.266 e. The van der Waals surface area contributed by atoms with Gasteiger partial charge in [-0.15, -0.1) is 0 Å². The summed E-state index contributed by atoms with van der Waals surface area (Å²) in [6, 6.07) is 12.5. The van der Waals surface area contributed by atoms with Crippen molar-refractivity contribution >= 4 is 44.2 Å². The summed E-state index contributed by atoms with van der Waals surface area (Å²) in [4.78, 5) is 16.7. The van der Waals surface area contributed by atoms with Gasteiger partial charge in [0.15, 0.2) is 11.2 Å². The first-order valence-electron chi connectivity index (χ1n) is 7.81. The molecular weight excluding hydrogens is 360 g/mol. The van der Waals surface area contributed by atoms with E-state index in [1.165, 1.54) is 11.3 Å². The summed E-state index contributed by atoms with van der Waals surface area (Å²) in [5.74, 6) is 1.10. The maximum Gasteiger partial charge on any atom is 0.266 e. The molecule has 130 valence electrons. The van der Waals surface area contributed by atoms with Crippen molar-refractivity contribution in [3.8, 4) is 11.5 Å². The molecule has 0 spiro atoms. The molecule has 1 unspecified atom stereocenters. The van der Waals surface area contributed by atoms with E-state index in [1.54, 1.807) is 31.2 Å². The summed E-state index contributed by atoms with van der Waals surface area (Å²) in [5, 5.41) is 3.93. The third-order valence-corrected chi connectivity index (χ3v) is 4.58. The molecule has 0 saturated heterocycles. The number of nitrogens with one attached hydrogen (secondary N) is 1. The first kappa shape index (κ1) is 17.5. The van der Waals surface area contributed by atoms with Gasteiger partial charge in [0.25, 0.3) is 5.91 Å². The fourth-order valence-corrected chi connectivity index (χ4v) is 3.22. The van der Waals surface area contributed by atoms with Gasteiger partial charge in [0, 0.05) is 5.02 Å². The van der Waals surface area contributed by atoms with Crippen molar-refractivity contribution < 1.29 is 14.3 Å². The SMILES string of the molecule is CCOc1ccc2nc(NC(=O)C(C)Oc3ccc(Cl)cc3)sc2c1. The first-order valence-corrected chi connectivity index (χ1v) is 9.01. The van der Waals surface area contributed by atoms with Crippen molar-refractivity contribution in [2.24, 2.45) is 0 Å². The van der Waals surface area contributed by atoms with E-state index in [2.05, 4.69) is 10.3 Å². The van der Waals surface area contributed by atoms with E-state index in [1.807, 2.05) is 25.1 Å². The maximum atomic E-state index is 12.3. The van der Waals surface area contributed by atoms with Gasteiger partial charge in [0.2, 0.25) is 0 Å². The molecule has 0 saturated carbocycles. The first-order chi connectivity index (χ1) is 12.0. The van der Waals surface area contributed by atoms with Gasteiger partial charge in [-0.3, -0.25) is 10.1 Å². The average Bonchev–Trinajstić information content (AvgIpc) is 2.98. The van der Waals surface area contributed by atoms with Crippen LogP contribution in [0.5, 0.6) is 11.5 Å². The van der Waals surface area contributed by atoms with Crippen molar-refractivity contribution in [2.75, 3.05) is 11.9 Å². The fourth-order valence-electron chi connectivity index (χ4n) is 2.19. The number of thiazole rings is 1. The zero-order chi connectivity index (χ0) is 17.8. The third-order valence-electron chi connectivity index (χ3n) is 3.40. The largest absolute Gasteiger partial charge is 0.494 e. The second-order valence-corrected chi connectivity index (χ2v) is 6.75. The summed E-state index contributed by atoms with van der Waals surface area (Å²) >= 11 is 7.23. The number of fused-ring (bicyclic) bond motifs is 1. The zero-order valence-electron chi connectivity index (χ0n) is 13.8. The lowest BCUT2D eigenvalue weighted by Crippen LogP contribution is -2.30. The lowest BCUT2D eigenvalue weighted by Gasteiger charge is -2.13. The molecule has 0 bridgehead atoms. The molecule has 5 nitrogen and oxygen atoms in total. The van der Waals surface area contributed by atoms with Crippen molar-refractivity contribution in [2.45, 2.75) is 20.0 Å². The lowest BCUT2D eigenvalue weighted by atomic mass is 10.3. The Labute approximate surface area is 154 Å². The number of rotatable bonds is 6. The molecule has 0 aliphatic heterocycles. The number of carbonyl (C=O) groups excluding carboxylic acids is 1. The third kappa shape index (κ3) is 4.41. The van der Waals surface area contributed by atoms with Crippen LogP contribution in [0.1, 0.15) is 13.8 Å². The van der Waals surface area contributed by atoms with Gasteiger partial charge in [-0.2, -0.15) is 0 Å². The lowest BCUT2D eigenvalue weighted by molar-refractivity contribution is -0.122. The molecule has 1 aromatic heterocycles. The highest BCUT2D eigenvalue weighted by molar-refractivity contribution is 7.22. The minimum Gasteiger partial charge on any atom is -0.494 e. The molecule has 25 heavy (non-hydrogen) atoms. The number of nitrogens with zero attached hydrogens (tertiary/aromatic N) is 1. The van der Waals surface area contributed by atoms with Crippen molar-refractivity contribution in [1.82, 2.24) is 4.98 Å². The molecule has 1 heterocycles. The van der Waals surface area contributed by atoms with E-state index in [0.29, 0.717) is 22.5 Å². The van der Waals surface area contributed by atoms with Crippen LogP contribution in [-0.2, 0) is 4.79 Å². The predicted octanol–water partition coefficient (Wildman–Crippen LogP) is 4.75. The summed E-state index contributed by atoms with van der Waals surface area (Å²) in [5.41, 5.74) is 0.815. The number of hydrogen-bond donors (Lipinski definition) is 1. The molecule has 0 fully saturated rings. The highest BCUT2D eigenvalue weighted by atomic mass is 35.5. The van der Waals surface area contributed by atoms with Gasteiger partial charge in [0.1, 0.15) is 11.5 Å². The van der Waals surface area contributed by atoms with Crippen LogP contribution in [-0.4, -0.2) is 23.6 Å². The van der Waals surface area contributed by atoms with Gasteiger partial charge in [-0.05, 0) is 56.3 Å². The molecular formula is C18H17ClN2O3S. The van der Waals surface area contributed by atoms with Crippen LogP contribution in [0, 0.1) is 0 Å². The summed E-state index contributed by atoms with van der Waals surface area (Å²) in [6.07, 6.45) is -0.660. The number of hydrogen-bond acceptors (Lipinski definition) is 5. The Morgan fingerprint density at radius 2 is 1.96 bits per heavy atom. The van der Waals surface area contributed by atoms with Crippen molar-refractivity contribution in [3.05, 3.63) is 47.5 Å². The van der Waals surface area contributed by atoms with Gasteiger partial charge in [-0.1, -0.05) is 22.9 Å². The summed E-state index contributed by atoms with van der Waals surface area (Å²) in [7, 11) is 0. The molecule has 3 rings (SSSR count). The second kappa shape index (κ2) is 7.72. The number of carbonyl (C=O) groups is 1. The van der Waals surface area contributed by atoms with E-state index in [-0.39, 0.29) is 5.91 Å². The molecule has 2 aromatic carbocycles. The van der Waals surface area contributed by atoms with Crippen LogP contribution in [0.2, 0.25) is 5.02 Å². The number of anilines is 1. The highest BCUT2D eigenvalue weighted by Crippen LogP contribution is 2.29. The van der Waals surface area contributed by atoms with Gasteiger partial charge >= 0.3 is 0 Å². The van der Waals surface area contributed by atoms with E-state index in [4.69, 9.17) is 21.1 Å². The van der Waals surface area contributed by atoms with Crippen LogP contribution < -0.4 is 14.8 Å². The van der Waals surface area contributed by atoms with Crippen LogP contribution >= 0.6 is 22.9 Å². The quantitative estimate of drug-likeness (QED) is 0.674. The van der Waals surface area contributed by atoms with Crippen LogP contribution in [0.25, 0.3) is 10.2 Å². The Morgan fingerprint density at radius 1 is 1.24 bits per heavy atom. The van der Waals surface area contributed by atoms with Crippen LogP contribution in [0.3, 0.4) is 0 Å². The monoisotopic (exact) mass is 376 g/mol. The van der Waals surface area contributed by atoms with Gasteiger partial charge in [-0.25, -0.2) is 4.98 Å². The molecule has 3 aromatic rings. The van der Waals surface area contributed by atoms with E-state index in [0.717, 1.165) is 16.0 Å². The molecule has 1 N–H and O–H groups in total. The molecule has 1 amide bonds. The molecule has 0 radical (unpaired) electrons. The number of ether oxygens (including phenoxy) is 2. The Kier molecular flexibility index (Phi) is 5.40.